The summed E-state index contributed by atoms with van der Waals surface area (Å²) in [5.74, 6) is -0.204. The van der Waals surface area contributed by atoms with Crippen molar-refractivity contribution in [3.05, 3.63) is 52.1 Å². The number of nitrogens with one attached hydrogen (secondary N) is 1. The fourth-order valence-electron chi connectivity index (χ4n) is 3.11. The largest absolute Gasteiger partial charge is 0.354 e. The second kappa shape index (κ2) is 7.73. The molecule has 3 rings (SSSR count). The van der Waals surface area contributed by atoms with Crippen molar-refractivity contribution >= 4 is 16.8 Å². The molecule has 0 aliphatic rings. The number of hydrogen-bond acceptors (Lipinski definition) is 4. The molecule has 0 saturated heterocycles. The predicted octanol–water partition coefficient (Wildman–Crippen LogP) is 2.68. The van der Waals surface area contributed by atoms with Gasteiger partial charge in [0, 0.05) is 6.54 Å². The number of hydrogen-bond donors (Lipinski definition) is 1. The van der Waals surface area contributed by atoms with Gasteiger partial charge in [0.1, 0.15) is 11.6 Å². The molecule has 7 nitrogen and oxygen atoms in total. The van der Waals surface area contributed by atoms with Crippen molar-refractivity contribution in [3.63, 3.8) is 0 Å². The van der Waals surface area contributed by atoms with Crippen LogP contribution >= 0.6 is 0 Å². The Hall–Kier alpha value is -2.96. The van der Waals surface area contributed by atoms with Gasteiger partial charge in [-0.15, -0.1) is 0 Å². The summed E-state index contributed by atoms with van der Waals surface area (Å²) < 4.78 is 3.01. The first-order valence-corrected chi connectivity index (χ1v) is 9.27. The van der Waals surface area contributed by atoms with Gasteiger partial charge in [-0.2, -0.15) is 10.2 Å². The minimum Gasteiger partial charge on any atom is -0.354 e. The Morgan fingerprint density at radius 2 is 1.89 bits per heavy atom. The highest BCUT2D eigenvalue weighted by Gasteiger charge is 2.22. The van der Waals surface area contributed by atoms with E-state index in [1.165, 1.54) is 4.68 Å². The van der Waals surface area contributed by atoms with Crippen molar-refractivity contribution in [1.82, 2.24) is 24.9 Å². The van der Waals surface area contributed by atoms with Crippen LogP contribution in [0.2, 0.25) is 0 Å². The number of benzene rings is 1. The zero-order valence-electron chi connectivity index (χ0n) is 16.2. The molecule has 1 N–H and O–H groups in total. The Morgan fingerprint density at radius 3 is 2.56 bits per heavy atom. The first kappa shape index (κ1) is 18.8. The lowest BCUT2D eigenvalue weighted by molar-refractivity contribution is -0.124. The van der Waals surface area contributed by atoms with E-state index in [-0.39, 0.29) is 11.5 Å². The molecule has 142 valence electrons. The highest BCUT2D eigenvalue weighted by atomic mass is 16.2. The smallest absolute Gasteiger partial charge is 0.278 e. The minimum absolute atomic E-state index is 0.204. The fraction of sp³-hybridized carbons (Fsp3) is 0.400. The van der Waals surface area contributed by atoms with E-state index in [0.29, 0.717) is 23.1 Å². The van der Waals surface area contributed by atoms with E-state index in [9.17, 15) is 9.59 Å². The topological polar surface area (TPSA) is 81.8 Å². The summed E-state index contributed by atoms with van der Waals surface area (Å²) in [7, 11) is 0. The summed E-state index contributed by atoms with van der Waals surface area (Å²) in [5, 5.41) is 12.3. The van der Waals surface area contributed by atoms with Crippen LogP contribution in [0.3, 0.4) is 0 Å². The summed E-state index contributed by atoms with van der Waals surface area (Å²) in [6.07, 6.45) is 1.90. The van der Waals surface area contributed by atoms with Crippen LogP contribution in [0.5, 0.6) is 0 Å². The van der Waals surface area contributed by atoms with E-state index >= 15 is 0 Å². The predicted molar refractivity (Wildman–Crippen MR) is 105 cm³/mol. The molecule has 3 aromatic rings. The van der Waals surface area contributed by atoms with Gasteiger partial charge in [0.05, 0.1) is 22.5 Å². The highest BCUT2D eigenvalue weighted by Crippen LogP contribution is 2.20. The number of aryl methyl sites for hydroxylation is 2. The summed E-state index contributed by atoms with van der Waals surface area (Å²) in [6.45, 7) is 8.02. The zero-order valence-corrected chi connectivity index (χ0v) is 16.2. The van der Waals surface area contributed by atoms with Gasteiger partial charge in [-0.05, 0) is 39.3 Å². The number of nitrogens with zero attached hydrogens (tertiary/aromatic N) is 4. The first-order chi connectivity index (χ1) is 13.0. The molecule has 1 aromatic carbocycles. The Balaban J connectivity index is 2.07. The van der Waals surface area contributed by atoms with Crippen molar-refractivity contribution in [2.75, 3.05) is 6.54 Å². The second-order valence-corrected chi connectivity index (χ2v) is 6.71. The van der Waals surface area contributed by atoms with E-state index < -0.39 is 6.04 Å². The number of unbranched alkanes of at least 4 members (excludes halogenated alkanes) is 1. The van der Waals surface area contributed by atoms with Crippen LogP contribution in [0.25, 0.3) is 16.6 Å². The van der Waals surface area contributed by atoms with Gasteiger partial charge in [0.15, 0.2) is 0 Å². The summed E-state index contributed by atoms with van der Waals surface area (Å²) in [5.41, 5.74) is 2.50. The number of carbonyl (C=O) groups excluding carboxylic acids is 1. The van der Waals surface area contributed by atoms with E-state index in [1.54, 1.807) is 11.6 Å². The van der Waals surface area contributed by atoms with Crippen molar-refractivity contribution in [2.24, 2.45) is 0 Å². The Bertz CT molecular complexity index is 1020. The molecule has 0 spiro atoms. The molecule has 0 saturated carbocycles. The molecule has 27 heavy (non-hydrogen) atoms. The Labute approximate surface area is 158 Å². The van der Waals surface area contributed by atoms with Gasteiger partial charge in [-0.25, -0.2) is 9.36 Å². The third-order valence-electron chi connectivity index (χ3n) is 4.72. The quantitative estimate of drug-likeness (QED) is 0.679. The fourth-order valence-corrected chi connectivity index (χ4v) is 3.11. The number of aromatic nitrogens is 4. The van der Waals surface area contributed by atoms with E-state index in [0.717, 1.165) is 24.2 Å². The third-order valence-corrected chi connectivity index (χ3v) is 4.72. The summed E-state index contributed by atoms with van der Waals surface area (Å²) in [6, 6.07) is 8.96. The van der Waals surface area contributed by atoms with Crippen LogP contribution < -0.4 is 10.9 Å². The van der Waals surface area contributed by atoms with Crippen LogP contribution in [0.1, 0.15) is 44.1 Å². The number of carbonyl (C=O) groups is 1. The van der Waals surface area contributed by atoms with Crippen molar-refractivity contribution in [3.8, 4) is 5.69 Å². The molecule has 7 heteroatoms. The second-order valence-electron chi connectivity index (χ2n) is 6.71. The normalized spacial score (nSPS) is 12.3. The number of fused-ring (bicyclic) bond motifs is 1. The number of para-hydroxylation sites is 1. The third kappa shape index (κ3) is 3.49. The average Bonchev–Trinajstić information content (AvgIpc) is 3.03. The molecule has 1 amide bonds. The van der Waals surface area contributed by atoms with Crippen molar-refractivity contribution in [2.45, 2.75) is 46.6 Å². The molecule has 0 fully saturated rings. The number of amides is 1. The Kier molecular flexibility index (Phi) is 5.39. The molecule has 2 heterocycles. The van der Waals surface area contributed by atoms with Gasteiger partial charge < -0.3 is 5.32 Å². The average molecular weight is 367 g/mol. The van der Waals surface area contributed by atoms with E-state index in [1.807, 2.05) is 44.2 Å². The molecule has 0 radical (unpaired) electrons. The Morgan fingerprint density at radius 1 is 1.19 bits per heavy atom. The zero-order chi connectivity index (χ0) is 19.6. The van der Waals surface area contributed by atoms with Crippen LogP contribution in [0, 0.1) is 13.8 Å². The van der Waals surface area contributed by atoms with Gasteiger partial charge in [0.2, 0.25) is 5.91 Å². The molecule has 2 aromatic heterocycles. The van der Waals surface area contributed by atoms with E-state index in [2.05, 4.69) is 22.4 Å². The van der Waals surface area contributed by atoms with Crippen molar-refractivity contribution in [1.29, 1.82) is 0 Å². The van der Waals surface area contributed by atoms with Crippen LogP contribution in [-0.2, 0) is 4.79 Å². The molecule has 0 aliphatic heterocycles. The molecule has 0 unspecified atom stereocenters. The SMILES string of the molecule is CCCCNC(=O)[C@@H](C)n1nc(C)c2nn(-c3ccccc3)c(C)c2c1=O. The molecule has 0 bridgehead atoms. The molecular weight excluding hydrogens is 342 g/mol. The van der Waals surface area contributed by atoms with Gasteiger partial charge in [-0.3, -0.25) is 9.59 Å². The maximum Gasteiger partial charge on any atom is 0.278 e. The highest BCUT2D eigenvalue weighted by molar-refractivity contribution is 5.84. The number of rotatable bonds is 6. The maximum atomic E-state index is 13.1. The van der Waals surface area contributed by atoms with E-state index in [4.69, 9.17) is 0 Å². The lowest BCUT2D eigenvalue weighted by atomic mass is 10.2. The monoisotopic (exact) mass is 367 g/mol. The van der Waals surface area contributed by atoms with Crippen LogP contribution in [0.15, 0.2) is 35.1 Å². The standard InChI is InChI=1S/C20H25N5O2/c1-5-6-12-21-19(26)15(4)25-20(27)17-14(3)24(16-10-8-7-9-11-16)23-18(17)13(2)22-25/h7-11,15H,5-6,12H2,1-4H3,(H,21,26)/t15-/m1/s1. The first-order valence-electron chi connectivity index (χ1n) is 9.27. The lowest BCUT2D eigenvalue weighted by Gasteiger charge is -2.14. The lowest BCUT2D eigenvalue weighted by Crippen LogP contribution is -2.37. The maximum absolute atomic E-state index is 13.1. The summed E-state index contributed by atoms with van der Waals surface area (Å²) >= 11 is 0. The minimum atomic E-state index is -0.683. The van der Waals surface area contributed by atoms with Crippen LogP contribution in [-0.4, -0.2) is 32.0 Å². The molecular formula is C20H25N5O2. The molecule has 0 aliphatic carbocycles. The van der Waals surface area contributed by atoms with Gasteiger partial charge in [0.25, 0.3) is 5.56 Å². The van der Waals surface area contributed by atoms with Gasteiger partial charge in [-0.1, -0.05) is 31.5 Å². The van der Waals surface area contributed by atoms with Gasteiger partial charge >= 0.3 is 0 Å². The summed E-state index contributed by atoms with van der Waals surface area (Å²) in [4.78, 5) is 25.5. The van der Waals surface area contributed by atoms with Crippen LogP contribution in [0.4, 0.5) is 0 Å². The van der Waals surface area contributed by atoms with Crippen molar-refractivity contribution < 1.29 is 4.79 Å². The molecule has 1 atom stereocenters.